The van der Waals surface area contributed by atoms with Gasteiger partial charge in [-0.3, -0.25) is 29.0 Å². The number of nitrogens with zero attached hydrogens (tertiary/aromatic N) is 5. The van der Waals surface area contributed by atoms with E-state index in [1.807, 2.05) is 53.2 Å². The van der Waals surface area contributed by atoms with E-state index in [2.05, 4.69) is 218 Å². The van der Waals surface area contributed by atoms with Gasteiger partial charge in [0.25, 0.3) is 0 Å². The lowest BCUT2D eigenvalue weighted by atomic mass is 9.78. The summed E-state index contributed by atoms with van der Waals surface area (Å²) in [5.74, 6) is 1.68. The Bertz CT molecular complexity index is 3880. The van der Waals surface area contributed by atoms with Crippen LogP contribution in [0.15, 0.2) is 193 Å². The van der Waals surface area contributed by atoms with Crippen molar-refractivity contribution in [3.05, 3.63) is 216 Å². The summed E-state index contributed by atoms with van der Waals surface area (Å²) in [4.78, 5) is 8.02. The highest BCUT2D eigenvalue weighted by Gasteiger charge is 2.39. The summed E-state index contributed by atoms with van der Waals surface area (Å²) in [5, 5.41) is 4.10. The summed E-state index contributed by atoms with van der Waals surface area (Å²) in [6.45, 7) is 29.1. The van der Waals surface area contributed by atoms with E-state index in [0.29, 0.717) is 51.6 Å². The van der Waals surface area contributed by atoms with Gasteiger partial charge in [0.1, 0.15) is 33.8 Å². The van der Waals surface area contributed by atoms with E-state index in [1.54, 1.807) is 19.2 Å². The number of ether oxygens (including phenoxy) is 1. The van der Waals surface area contributed by atoms with Gasteiger partial charge >= 0.3 is 31.9 Å². The van der Waals surface area contributed by atoms with Gasteiger partial charge in [0.05, 0.1) is 31.4 Å². The number of rotatable bonds is 23. The maximum Gasteiger partial charge on any atom is 0.335 e. The molecule has 0 N–H and O–H groups in total. The molecule has 0 atom stereocenters. The lowest BCUT2D eigenvalue weighted by Gasteiger charge is -2.36. The average Bonchev–Trinajstić information content (AvgIpc) is 0.764. The number of aryl methyl sites for hydroxylation is 1. The predicted octanol–water partition coefficient (Wildman–Crippen LogP) is 9.25. The molecule has 2 saturated heterocycles. The molecular formula is C74H103F4N5O11PS4Si-. The Hall–Kier alpha value is -6.38. The third kappa shape index (κ3) is 27.8. The van der Waals surface area contributed by atoms with Crippen LogP contribution in [0.3, 0.4) is 0 Å². The summed E-state index contributed by atoms with van der Waals surface area (Å²) in [5.41, 5.74) is 5.83. The van der Waals surface area contributed by atoms with E-state index in [1.165, 1.54) is 38.9 Å². The van der Waals surface area contributed by atoms with Gasteiger partial charge in [0, 0.05) is 119 Å². The number of alkyl halides is 1. The molecule has 2 fully saturated rings. The van der Waals surface area contributed by atoms with E-state index < -0.39 is 62.9 Å². The Kier molecular flexibility index (Phi) is 35.5. The quantitative estimate of drug-likeness (QED) is 0.0194. The van der Waals surface area contributed by atoms with Gasteiger partial charge in [0.2, 0.25) is 8.32 Å². The molecule has 0 aliphatic carbocycles. The topological polar surface area (TPSA) is 190 Å². The normalized spacial score (nSPS) is 14.3. The van der Waals surface area contributed by atoms with E-state index >= 15 is 0 Å². The van der Waals surface area contributed by atoms with Gasteiger partial charge in [-0.05, 0) is 83.7 Å². The van der Waals surface area contributed by atoms with Crippen LogP contribution in [0.4, 0.5) is 13.0 Å². The van der Waals surface area contributed by atoms with E-state index in [9.17, 15) is 33.5 Å². The van der Waals surface area contributed by atoms with Gasteiger partial charge in [-0.25, -0.2) is 12.8 Å². The zero-order chi connectivity index (χ0) is 72.4. The minimum Gasteiger partial charge on any atom is -1.00 e. The molecule has 0 aromatic heterocycles. The maximum atomic E-state index is 12.5. The molecule has 552 valence electrons. The standard InChI is InChI=1S/C25H36N2O6S2.C22H32OSi.C19H18NP.C8H16F2N2O2S.2FH.O2S/c1-25(2,21-5-9-23(32-3)10-6-21)22-7-11-24(12-8-22)33-35(30,31)20-18-27-15-13-26(14-16-27)17-19-34(4,28)29;1-17-9-11-18(12-10-17)22(5,6)19-13-15-20(16-14-19)23-24(7,8)21(2,3)4;1-20-21(17-11-5-2-6-12-17,18-13-7-3-8-14-18)19-15-9-4-10-16-19;9-1-2-11-3-5-12(6-4-11)7-8-15(10,13)14;;;1-3-2/h5-12H,13-20H2,1-4H3;9-16H,1-8H3;2-16H,1H3;1-8H2;2*1H;/p-1. The fraction of sp³-hybridized carbons (Fsp3) is 0.432. The van der Waals surface area contributed by atoms with Crippen LogP contribution in [0, 0.1) is 6.92 Å². The van der Waals surface area contributed by atoms with Crippen molar-refractivity contribution in [2.24, 2.45) is 4.74 Å². The first-order valence-corrected chi connectivity index (χ1v) is 43.3. The minimum atomic E-state index is -4.36. The summed E-state index contributed by atoms with van der Waals surface area (Å²) >= 11 is -0.750. The van der Waals surface area contributed by atoms with Gasteiger partial charge in [-0.1, -0.05) is 206 Å². The van der Waals surface area contributed by atoms with Gasteiger partial charge in [-0.2, -0.15) is 25.3 Å². The van der Waals surface area contributed by atoms with Crippen molar-refractivity contribution in [3.8, 4) is 17.2 Å². The highest BCUT2D eigenvalue weighted by atomic mass is 32.3. The van der Waals surface area contributed by atoms with Crippen molar-refractivity contribution in [2.45, 2.75) is 84.4 Å². The Balaban J connectivity index is 0.000000354. The third-order valence-corrected chi connectivity index (χ3v) is 29.1. The predicted molar refractivity (Wildman–Crippen MR) is 405 cm³/mol. The van der Waals surface area contributed by atoms with E-state index in [-0.39, 0.29) is 50.0 Å². The van der Waals surface area contributed by atoms with Crippen molar-refractivity contribution in [1.29, 1.82) is 0 Å². The molecular weight excluding hydrogens is 1400 g/mol. The highest BCUT2D eigenvalue weighted by molar-refractivity contribution is 7.90. The van der Waals surface area contributed by atoms with Gasteiger partial charge in [-0.15, -0.1) is 3.89 Å². The molecule has 7 aromatic rings. The van der Waals surface area contributed by atoms with E-state index in [4.69, 9.17) is 26.5 Å². The van der Waals surface area contributed by atoms with Crippen molar-refractivity contribution in [3.63, 3.8) is 0 Å². The largest absolute Gasteiger partial charge is 1.00 e. The van der Waals surface area contributed by atoms with Crippen LogP contribution in [0.25, 0.3) is 0 Å². The van der Waals surface area contributed by atoms with Gasteiger partial charge in [0.15, 0.2) is 0 Å². The smallest absolute Gasteiger partial charge is 0.335 e. The number of methoxy groups -OCH3 is 1. The number of halogens is 4. The van der Waals surface area contributed by atoms with Crippen LogP contribution in [0.2, 0.25) is 18.1 Å². The molecule has 26 heteroatoms. The molecule has 2 aliphatic heterocycles. The molecule has 0 amide bonds. The summed E-state index contributed by atoms with van der Waals surface area (Å²) in [7, 11) is -11.2. The first-order valence-electron chi connectivity index (χ1n) is 32.8. The average molecular weight is 1500 g/mol. The van der Waals surface area contributed by atoms with Crippen LogP contribution in [-0.4, -0.2) is 184 Å². The van der Waals surface area contributed by atoms with Crippen LogP contribution in [0.5, 0.6) is 17.2 Å². The zero-order valence-electron chi connectivity index (χ0n) is 60.1. The Morgan fingerprint density at radius 2 is 0.810 bits per heavy atom. The summed E-state index contributed by atoms with van der Waals surface area (Å²) < 4.78 is 131. The molecule has 0 saturated carbocycles. The first-order chi connectivity index (χ1) is 46.1. The van der Waals surface area contributed by atoms with Crippen molar-refractivity contribution in [1.82, 2.24) is 19.6 Å². The lowest BCUT2D eigenvalue weighted by molar-refractivity contribution is -0.0000341. The third-order valence-electron chi connectivity index (χ3n) is 18.2. The monoisotopic (exact) mass is 1500 g/mol. The Labute approximate surface area is 598 Å². The molecule has 0 spiro atoms. The fourth-order valence-electron chi connectivity index (χ4n) is 10.9. The lowest BCUT2D eigenvalue weighted by Crippen LogP contribution is -3.00. The molecule has 0 radical (unpaired) electrons. The zero-order valence-corrected chi connectivity index (χ0v) is 65.2. The van der Waals surface area contributed by atoms with Crippen LogP contribution < -0.4 is 34.0 Å². The molecule has 9 rings (SSSR count). The number of hydrogen-bond acceptors (Lipinski definition) is 16. The molecule has 7 aromatic carbocycles. The minimum absolute atomic E-state index is 0. The van der Waals surface area contributed by atoms with Crippen LogP contribution >= 0.6 is 7.05 Å². The number of piperazine rings is 2. The maximum absolute atomic E-state index is 12.5. The second-order valence-corrected chi connectivity index (χ2v) is 40.5. The SMILES string of the molecule is CN=P(c1ccccc1)(c1ccccc1)c1ccccc1.COc1ccc(C(C)(C)c2ccc(OS(=O)(=O)CCN3CCN(CCS(C)(=O)=O)CC3)cc2)cc1.Cc1ccc(C(C)(C)c2ccc(O[Si](C)(C)C(C)(C)C)cc2)cc1.F.O=S(=O)(F)CCN1CCN(CCF)CC1.O=S=O.[F-]. The van der Waals surface area contributed by atoms with Crippen molar-refractivity contribution in [2.75, 3.05) is 123 Å². The van der Waals surface area contributed by atoms with Crippen molar-refractivity contribution < 1.29 is 64.7 Å². The van der Waals surface area contributed by atoms with Gasteiger partial charge < -0.3 is 18.1 Å². The summed E-state index contributed by atoms with van der Waals surface area (Å²) in [6, 6.07) is 64.5. The molecule has 0 bridgehead atoms. The number of hydrogen-bond donors (Lipinski definition) is 0. The molecule has 0 unspecified atom stereocenters. The van der Waals surface area contributed by atoms with Crippen LogP contribution in [-0.2, 0) is 52.6 Å². The fourth-order valence-corrected chi connectivity index (χ4v) is 17.4. The van der Waals surface area contributed by atoms with Crippen LogP contribution in [0.1, 0.15) is 76.3 Å². The number of sulfone groups is 1. The molecule has 2 heterocycles. The molecule has 100 heavy (non-hydrogen) atoms. The Morgan fingerprint density at radius 3 is 1.12 bits per heavy atom. The number of benzene rings is 7. The summed E-state index contributed by atoms with van der Waals surface area (Å²) in [6.07, 6.45) is 1.24. The second kappa shape index (κ2) is 40.5. The highest BCUT2D eigenvalue weighted by Crippen LogP contribution is 2.46. The Morgan fingerprint density at radius 1 is 0.500 bits per heavy atom. The molecule has 16 nitrogen and oxygen atoms in total. The molecule has 2 aliphatic rings. The second-order valence-electron chi connectivity index (χ2n) is 26.9. The van der Waals surface area contributed by atoms with E-state index in [0.717, 1.165) is 48.8 Å². The van der Waals surface area contributed by atoms with Crippen molar-refractivity contribution >= 4 is 73.0 Å². The first kappa shape index (κ1) is 87.8.